The van der Waals surface area contributed by atoms with Crippen molar-refractivity contribution >= 4 is 0 Å². The number of ether oxygens (including phenoxy) is 1. The third-order valence-electron chi connectivity index (χ3n) is 1.56. The van der Waals surface area contributed by atoms with E-state index < -0.39 is 0 Å². The van der Waals surface area contributed by atoms with E-state index in [-0.39, 0.29) is 0 Å². The highest BCUT2D eigenvalue weighted by Crippen LogP contribution is 1.86. The third kappa shape index (κ3) is 14.1. The molecule has 14 heavy (non-hydrogen) atoms. The second-order valence-electron chi connectivity index (χ2n) is 2.67. The van der Waals surface area contributed by atoms with E-state index in [9.17, 15) is 0 Å². The van der Waals surface area contributed by atoms with Crippen molar-refractivity contribution in [3.8, 4) is 0 Å². The fraction of sp³-hybridized carbons (Fsp3) is 0.800. The largest absolute Gasteiger partial charge is 0.383 e. The van der Waals surface area contributed by atoms with Gasteiger partial charge in [0.1, 0.15) is 0 Å². The van der Waals surface area contributed by atoms with Crippen molar-refractivity contribution in [2.75, 3.05) is 40.0 Å². The predicted octanol–water partition coefficient (Wildman–Crippen LogP) is 1.64. The Balaban J connectivity index is 0. The van der Waals surface area contributed by atoms with Gasteiger partial charge in [-0.25, -0.2) is 4.89 Å². The SMILES string of the molecule is C=CC.CCN(CCOC)CCOO. The topological polar surface area (TPSA) is 41.9 Å². The van der Waals surface area contributed by atoms with E-state index in [0.717, 1.165) is 26.2 Å². The molecule has 4 nitrogen and oxygen atoms in total. The average Bonchev–Trinajstić information content (AvgIpc) is 2.20. The second kappa shape index (κ2) is 15.1. The summed E-state index contributed by atoms with van der Waals surface area (Å²) in [6.07, 6.45) is 1.75. The number of allylic oxidation sites excluding steroid dienone is 1. The lowest BCUT2D eigenvalue weighted by atomic mass is 10.5. The summed E-state index contributed by atoms with van der Waals surface area (Å²) >= 11 is 0. The Morgan fingerprint density at radius 2 is 1.86 bits per heavy atom. The third-order valence-corrected chi connectivity index (χ3v) is 1.56. The Morgan fingerprint density at radius 3 is 2.21 bits per heavy atom. The van der Waals surface area contributed by atoms with Gasteiger partial charge in [-0.05, 0) is 13.5 Å². The minimum absolute atomic E-state index is 0.359. The fourth-order valence-corrected chi connectivity index (χ4v) is 0.818. The first kappa shape index (κ1) is 16.0. The lowest BCUT2D eigenvalue weighted by molar-refractivity contribution is -0.244. The summed E-state index contributed by atoms with van der Waals surface area (Å²) in [5.74, 6) is 0. The zero-order chi connectivity index (χ0) is 11.2. The molecule has 0 aliphatic rings. The summed E-state index contributed by atoms with van der Waals surface area (Å²) in [5.41, 5.74) is 0. The van der Waals surface area contributed by atoms with Crippen LogP contribution in [0, 0.1) is 0 Å². The molecule has 86 valence electrons. The highest BCUT2D eigenvalue weighted by Gasteiger charge is 2.00. The van der Waals surface area contributed by atoms with Crippen molar-refractivity contribution in [3.05, 3.63) is 12.7 Å². The van der Waals surface area contributed by atoms with Gasteiger partial charge in [-0.2, -0.15) is 0 Å². The molecule has 0 fully saturated rings. The molecule has 0 saturated carbocycles. The molecule has 0 aromatic carbocycles. The van der Waals surface area contributed by atoms with Crippen LogP contribution in [-0.2, 0) is 9.62 Å². The Kier molecular flexibility index (Phi) is 17.3. The van der Waals surface area contributed by atoms with Crippen LogP contribution < -0.4 is 0 Å². The van der Waals surface area contributed by atoms with Gasteiger partial charge in [0, 0.05) is 20.2 Å². The van der Waals surface area contributed by atoms with Gasteiger partial charge in [-0.1, -0.05) is 13.0 Å². The number of nitrogens with zero attached hydrogens (tertiary/aromatic N) is 1. The van der Waals surface area contributed by atoms with Crippen LogP contribution in [0.5, 0.6) is 0 Å². The van der Waals surface area contributed by atoms with Gasteiger partial charge in [-0.15, -0.1) is 6.58 Å². The highest BCUT2D eigenvalue weighted by molar-refractivity contribution is 4.52. The Morgan fingerprint density at radius 1 is 1.36 bits per heavy atom. The molecule has 0 spiro atoms. The molecule has 0 atom stereocenters. The standard InChI is InChI=1S/C7H17NO3.C3H6/c1-3-8(4-6-10-2)5-7-11-9;1-3-2/h9H,3-7H2,1-2H3;3H,1H2,2H3. The molecule has 1 N–H and O–H groups in total. The van der Waals surface area contributed by atoms with Crippen LogP contribution in [0.4, 0.5) is 0 Å². The Bertz CT molecular complexity index is 102. The molecular weight excluding hydrogens is 182 g/mol. The maximum atomic E-state index is 8.08. The number of hydrogen-bond acceptors (Lipinski definition) is 4. The first-order valence-electron chi connectivity index (χ1n) is 4.81. The highest BCUT2D eigenvalue weighted by atomic mass is 17.1. The van der Waals surface area contributed by atoms with Crippen molar-refractivity contribution in [2.24, 2.45) is 0 Å². The molecule has 0 aromatic rings. The first-order chi connectivity index (χ1) is 6.76. The maximum Gasteiger partial charge on any atom is 0.0946 e. The van der Waals surface area contributed by atoms with Gasteiger partial charge >= 0.3 is 0 Å². The second-order valence-corrected chi connectivity index (χ2v) is 2.67. The molecule has 0 amide bonds. The summed E-state index contributed by atoms with van der Waals surface area (Å²) in [6.45, 7) is 11.0. The summed E-state index contributed by atoms with van der Waals surface area (Å²) in [5, 5.41) is 8.08. The monoisotopic (exact) mass is 205 g/mol. The molecule has 0 aliphatic carbocycles. The van der Waals surface area contributed by atoms with E-state index in [1.807, 2.05) is 6.92 Å². The van der Waals surface area contributed by atoms with Crippen molar-refractivity contribution in [1.82, 2.24) is 4.90 Å². The zero-order valence-electron chi connectivity index (χ0n) is 9.53. The lowest BCUT2D eigenvalue weighted by Gasteiger charge is -2.18. The van der Waals surface area contributed by atoms with Gasteiger partial charge in [0.25, 0.3) is 0 Å². The minimum atomic E-state index is 0.359. The Labute approximate surface area is 87.1 Å². The molecule has 0 aromatic heterocycles. The van der Waals surface area contributed by atoms with E-state index in [2.05, 4.69) is 23.3 Å². The van der Waals surface area contributed by atoms with E-state index in [0.29, 0.717) is 6.61 Å². The smallest absolute Gasteiger partial charge is 0.0946 e. The van der Waals surface area contributed by atoms with Crippen LogP contribution in [-0.4, -0.2) is 50.1 Å². The number of likely N-dealkylation sites (N-methyl/N-ethyl adjacent to an activating group) is 1. The summed E-state index contributed by atoms with van der Waals surface area (Å²) < 4.78 is 4.91. The summed E-state index contributed by atoms with van der Waals surface area (Å²) in [4.78, 5) is 6.11. The number of methoxy groups -OCH3 is 1. The van der Waals surface area contributed by atoms with Crippen LogP contribution in [0.3, 0.4) is 0 Å². The summed E-state index contributed by atoms with van der Waals surface area (Å²) in [7, 11) is 1.68. The molecule has 0 bridgehead atoms. The molecule has 0 radical (unpaired) electrons. The lowest BCUT2D eigenvalue weighted by Crippen LogP contribution is -2.30. The van der Waals surface area contributed by atoms with Crippen molar-refractivity contribution in [1.29, 1.82) is 0 Å². The molecule has 0 unspecified atom stereocenters. The van der Waals surface area contributed by atoms with Crippen molar-refractivity contribution in [2.45, 2.75) is 13.8 Å². The van der Waals surface area contributed by atoms with Crippen LogP contribution in [0.2, 0.25) is 0 Å². The average molecular weight is 205 g/mol. The van der Waals surface area contributed by atoms with Crippen molar-refractivity contribution < 1.29 is 14.9 Å². The van der Waals surface area contributed by atoms with Gasteiger partial charge in [0.05, 0.1) is 13.2 Å². The van der Waals surface area contributed by atoms with E-state index >= 15 is 0 Å². The number of rotatable bonds is 7. The molecule has 0 rings (SSSR count). The predicted molar refractivity (Wildman–Crippen MR) is 58.4 cm³/mol. The van der Waals surface area contributed by atoms with E-state index in [4.69, 9.17) is 9.99 Å². The van der Waals surface area contributed by atoms with Gasteiger partial charge < -0.3 is 4.74 Å². The molecule has 0 aliphatic heterocycles. The van der Waals surface area contributed by atoms with E-state index in [1.54, 1.807) is 13.2 Å². The van der Waals surface area contributed by atoms with Crippen LogP contribution in [0.25, 0.3) is 0 Å². The minimum Gasteiger partial charge on any atom is -0.383 e. The Hall–Kier alpha value is -0.420. The normalized spacial score (nSPS) is 9.50. The van der Waals surface area contributed by atoms with Crippen LogP contribution >= 0.6 is 0 Å². The van der Waals surface area contributed by atoms with E-state index in [1.165, 1.54) is 0 Å². The molecular formula is C10H23NO3. The first-order valence-corrected chi connectivity index (χ1v) is 4.81. The molecule has 0 saturated heterocycles. The van der Waals surface area contributed by atoms with Gasteiger partial charge in [0.2, 0.25) is 0 Å². The van der Waals surface area contributed by atoms with Crippen LogP contribution in [0.1, 0.15) is 13.8 Å². The van der Waals surface area contributed by atoms with Crippen LogP contribution in [0.15, 0.2) is 12.7 Å². The molecule has 4 heteroatoms. The summed E-state index contributed by atoms with van der Waals surface area (Å²) in [6, 6.07) is 0. The fourth-order valence-electron chi connectivity index (χ4n) is 0.818. The maximum absolute atomic E-state index is 8.08. The zero-order valence-corrected chi connectivity index (χ0v) is 9.53. The number of hydrogen-bond donors (Lipinski definition) is 1. The van der Waals surface area contributed by atoms with Crippen molar-refractivity contribution in [3.63, 3.8) is 0 Å². The molecule has 0 heterocycles. The van der Waals surface area contributed by atoms with Gasteiger partial charge in [-0.3, -0.25) is 10.2 Å². The quantitative estimate of drug-likeness (QED) is 0.390. The van der Waals surface area contributed by atoms with Gasteiger partial charge in [0.15, 0.2) is 0 Å².